The maximum atomic E-state index is 5.60. The lowest BCUT2D eigenvalue weighted by atomic mass is 10.3. The molecule has 90 valence electrons. The van der Waals surface area contributed by atoms with Crippen molar-refractivity contribution in [3.05, 3.63) is 41.3 Å². The van der Waals surface area contributed by atoms with Gasteiger partial charge in [0.25, 0.3) is 0 Å². The summed E-state index contributed by atoms with van der Waals surface area (Å²) in [5.74, 6) is 0.647. The highest BCUT2D eigenvalue weighted by atomic mass is 16.5. The van der Waals surface area contributed by atoms with Crippen LogP contribution in [0.15, 0.2) is 24.3 Å². The Morgan fingerprint density at radius 3 is 2.82 bits per heavy atom. The molecule has 0 saturated carbocycles. The lowest BCUT2D eigenvalue weighted by molar-refractivity contribution is 0.287. The second kappa shape index (κ2) is 4.99. The fraction of sp³-hybridized carbons (Fsp3) is 0.385. The monoisotopic (exact) mass is 231 g/mol. The summed E-state index contributed by atoms with van der Waals surface area (Å²) in [7, 11) is 1.95. The molecule has 2 aromatic heterocycles. The Bertz CT molecular complexity index is 505. The number of hydrogen-bond acceptors (Lipinski definition) is 3. The van der Waals surface area contributed by atoms with Gasteiger partial charge in [0.15, 0.2) is 0 Å². The van der Waals surface area contributed by atoms with Crippen molar-refractivity contribution < 1.29 is 4.74 Å². The van der Waals surface area contributed by atoms with E-state index in [0.29, 0.717) is 12.5 Å². The van der Waals surface area contributed by atoms with Gasteiger partial charge in [0, 0.05) is 24.5 Å². The first kappa shape index (κ1) is 11.6. The molecule has 0 saturated heterocycles. The topological polar surface area (TPSA) is 39.9 Å². The summed E-state index contributed by atoms with van der Waals surface area (Å²) in [6.07, 6.45) is 0.978. The molecular formula is C13H17N3O. The molecule has 0 aromatic carbocycles. The summed E-state index contributed by atoms with van der Waals surface area (Å²) in [5, 5.41) is 4.38. The summed E-state index contributed by atoms with van der Waals surface area (Å²) in [6, 6.07) is 7.81. The second-order valence-electron chi connectivity index (χ2n) is 4.01. The van der Waals surface area contributed by atoms with E-state index in [9.17, 15) is 0 Å². The number of hydrogen-bond donors (Lipinski definition) is 0. The van der Waals surface area contributed by atoms with E-state index < -0.39 is 0 Å². The summed E-state index contributed by atoms with van der Waals surface area (Å²) >= 11 is 0. The van der Waals surface area contributed by atoms with Crippen molar-refractivity contribution in [3.8, 4) is 5.88 Å². The molecule has 4 nitrogen and oxygen atoms in total. The molecule has 2 heterocycles. The smallest absolute Gasteiger partial charge is 0.213 e. The Morgan fingerprint density at radius 1 is 1.35 bits per heavy atom. The second-order valence-corrected chi connectivity index (χ2v) is 4.01. The molecule has 0 N–H and O–H groups in total. The Morgan fingerprint density at radius 2 is 2.18 bits per heavy atom. The first-order valence-corrected chi connectivity index (χ1v) is 5.77. The van der Waals surface area contributed by atoms with Crippen LogP contribution in [0.25, 0.3) is 0 Å². The summed E-state index contributed by atoms with van der Waals surface area (Å²) in [5.41, 5.74) is 3.10. The molecule has 0 aliphatic rings. The fourth-order valence-corrected chi connectivity index (χ4v) is 1.72. The van der Waals surface area contributed by atoms with E-state index in [1.807, 2.05) is 36.9 Å². The SMILES string of the molecule is CCc1cc(COc2cccc(C)n2)nn1C. The number of aromatic nitrogens is 3. The summed E-state index contributed by atoms with van der Waals surface area (Å²) in [4.78, 5) is 4.28. The highest BCUT2D eigenvalue weighted by Crippen LogP contribution is 2.10. The van der Waals surface area contributed by atoms with Crippen molar-refractivity contribution in [1.29, 1.82) is 0 Å². The molecule has 0 aliphatic heterocycles. The lowest BCUT2D eigenvalue weighted by Gasteiger charge is -2.03. The first-order chi connectivity index (χ1) is 8.19. The van der Waals surface area contributed by atoms with Gasteiger partial charge < -0.3 is 4.74 Å². The Kier molecular flexibility index (Phi) is 3.42. The maximum absolute atomic E-state index is 5.60. The van der Waals surface area contributed by atoms with E-state index >= 15 is 0 Å². The van der Waals surface area contributed by atoms with Gasteiger partial charge in [-0.2, -0.15) is 5.10 Å². The summed E-state index contributed by atoms with van der Waals surface area (Å²) < 4.78 is 7.49. The van der Waals surface area contributed by atoms with Crippen molar-refractivity contribution in [2.24, 2.45) is 7.05 Å². The third-order valence-electron chi connectivity index (χ3n) is 2.62. The van der Waals surface area contributed by atoms with E-state index in [0.717, 1.165) is 17.8 Å². The minimum atomic E-state index is 0.463. The van der Waals surface area contributed by atoms with Crippen LogP contribution >= 0.6 is 0 Å². The van der Waals surface area contributed by atoms with Crippen LogP contribution in [0.5, 0.6) is 5.88 Å². The first-order valence-electron chi connectivity index (χ1n) is 5.77. The molecule has 0 aliphatic carbocycles. The zero-order chi connectivity index (χ0) is 12.3. The molecule has 0 fully saturated rings. The van der Waals surface area contributed by atoms with Gasteiger partial charge in [-0.3, -0.25) is 4.68 Å². The van der Waals surface area contributed by atoms with Gasteiger partial charge in [-0.1, -0.05) is 13.0 Å². The fourth-order valence-electron chi connectivity index (χ4n) is 1.72. The van der Waals surface area contributed by atoms with Crippen molar-refractivity contribution in [2.45, 2.75) is 26.9 Å². The third-order valence-corrected chi connectivity index (χ3v) is 2.62. The number of nitrogens with zero attached hydrogens (tertiary/aromatic N) is 3. The van der Waals surface area contributed by atoms with Crippen LogP contribution in [-0.2, 0) is 20.1 Å². The minimum absolute atomic E-state index is 0.463. The third kappa shape index (κ3) is 2.84. The zero-order valence-electron chi connectivity index (χ0n) is 10.5. The number of pyridine rings is 1. The van der Waals surface area contributed by atoms with Crippen molar-refractivity contribution >= 4 is 0 Å². The summed E-state index contributed by atoms with van der Waals surface area (Å²) in [6.45, 7) is 4.52. The average Bonchev–Trinajstić information content (AvgIpc) is 2.67. The van der Waals surface area contributed by atoms with E-state index in [2.05, 4.69) is 23.1 Å². The van der Waals surface area contributed by atoms with Crippen LogP contribution in [0.4, 0.5) is 0 Å². The highest BCUT2D eigenvalue weighted by Gasteiger charge is 2.04. The van der Waals surface area contributed by atoms with Gasteiger partial charge in [0.2, 0.25) is 5.88 Å². The van der Waals surface area contributed by atoms with Gasteiger partial charge in [0.1, 0.15) is 12.3 Å². The molecule has 2 aromatic rings. The van der Waals surface area contributed by atoms with Gasteiger partial charge >= 0.3 is 0 Å². The normalized spacial score (nSPS) is 10.5. The van der Waals surface area contributed by atoms with E-state index in [-0.39, 0.29) is 0 Å². The average molecular weight is 231 g/mol. The molecule has 0 bridgehead atoms. The van der Waals surface area contributed by atoms with Gasteiger partial charge in [-0.05, 0) is 25.5 Å². The van der Waals surface area contributed by atoms with E-state index in [1.54, 1.807) is 0 Å². The molecule has 0 atom stereocenters. The van der Waals surface area contributed by atoms with Crippen LogP contribution in [0.1, 0.15) is 24.0 Å². The molecule has 0 amide bonds. The molecule has 2 rings (SSSR count). The molecule has 0 unspecified atom stereocenters. The molecule has 4 heteroatoms. The van der Waals surface area contributed by atoms with Gasteiger partial charge in [-0.25, -0.2) is 4.98 Å². The lowest BCUT2D eigenvalue weighted by Crippen LogP contribution is -2.00. The van der Waals surface area contributed by atoms with E-state index in [4.69, 9.17) is 4.74 Å². The predicted molar refractivity (Wildman–Crippen MR) is 65.9 cm³/mol. The van der Waals surface area contributed by atoms with Crippen LogP contribution < -0.4 is 4.74 Å². The van der Waals surface area contributed by atoms with Crippen LogP contribution in [-0.4, -0.2) is 14.8 Å². The molecule has 0 spiro atoms. The number of aryl methyl sites for hydroxylation is 3. The number of ether oxygens (including phenoxy) is 1. The Balaban J connectivity index is 2.02. The molecule has 17 heavy (non-hydrogen) atoms. The molecule has 0 radical (unpaired) electrons. The Hall–Kier alpha value is -1.84. The van der Waals surface area contributed by atoms with Crippen LogP contribution in [0.3, 0.4) is 0 Å². The van der Waals surface area contributed by atoms with E-state index in [1.165, 1.54) is 5.69 Å². The predicted octanol–water partition coefficient (Wildman–Crippen LogP) is 2.26. The minimum Gasteiger partial charge on any atom is -0.471 e. The van der Waals surface area contributed by atoms with Gasteiger partial charge in [0.05, 0.1) is 0 Å². The Labute approximate surface area is 101 Å². The van der Waals surface area contributed by atoms with Gasteiger partial charge in [-0.15, -0.1) is 0 Å². The highest BCUT2D eigenvalue weighted by molar-refractivity contribution is 5.16. The van der Waals surface area contributed by atoms with Crippen molar-refractivity contribution in [2.75, 3.05) is 0 Å². The van der Waals surface area contributed by atoms with Crippen LogP contribution in [0, 0.1) is 6.92 Å². The number of rotatable bonds is 4. The van der Waals surface area contributed by atoms with Crippen LogP contribution in [0.2, 0.25) is 0 Å². The van der Waals surface area contributed by atoms with Crippen molar-refractivity contribution in [1.82, 2.24) is 14.8 Å². The standard InChI is InChI=1S/C13H17N3O/c1-4-12-8-11(15-16(12)3)9-17-13-7-5-6-10(2)14-13/h5-8H,4,9H2,1-3H3. The molecular weight excluding hydrogens is 214 g/mol. The maximum Gasteiger partial charge on any atom is 0.213 e. The zero-order valence-corrected chi connectivity index (χ0v) is 10.5. The largest absolute Gasteiger partial charge is 0.471 e. The van der Waals surface area contributed by atoms with Crippen molar-refractivity contribution in [3.63, 3.8) is 0 Å². The quantitative estimate of drug-likeness (QED) is 0.810.